The van der Waals surface area contributed by atoms with Gasteiger partial charge in [-0.3, -0.25) is 14.9 Å². The van der Waals surface area contributed by atoms with Crippen LogP contribution in [0.3, 0.4) is 0 Å². The number of halogens is 1. The number of nitrogens with one attached hydrogen (secondary N) is 2. The number of nitrogens with zero attached hydrogens (tertiary/aromatic N) is 1. The van der Waals surface area contributed by atoms with Crippen LogP contribution in [0.2, 0.25) is 0 Å². The van der Waals surface area contributed by atoms with Crippen molar-refractivity contribution in [2.45, 2.75) is 0 Å². The second-order valence-electron chi connectivity index (χ2n) is 3.50. The highest BCUT2D eigenvalue weighted by atomic mass is 35.5. The van der Waals surface area contributed by atoms with Gasteiger partial charge in [0.25, 0.3) is 11.6 Å². The number of methoxy groups -OCH3 is 1. The Kier molecular flexibility index (Phi) is 7.47. The SMILES string of the molecule is CNCCNC(=O)c1cc(OC)ccc1[N+](=O)[O-].Cl. The van der Waals surface area contributed by atoms with Crippen LogP contribution in [-0.4, -0.2) is 38.1 Å². The van der Waals surface area contributed by atoms with Gasteiger partial charge >= 0.3 is 0 Å². The molecule has 0 radical (unpaired) electrons. The molecule has 0 aromatic heterocycles. The fourth-order valence-electron chi connectivity index (χ4n) is 1.38. The molecule has 0 heterocycles. The monoisotopic (exact) mass is 289 g/mol. The van der Waals surface area contributed by atoms with Crippen LogP contribution in [0.25, 0.3) is 0 Å². The number of rotatable bonds is 6. The molecular weight excluding hydrogens is 274 g/mol. The van der Waals surface area contributed by atoms with Crippen LogP contribution in [0, 0.1) is 10.1 Å². The van der Waals surface area contributed by atoms with E-state index in [9.17, 15) is 14.9 Å². The standard InChI is InChI=1S/C11H15N3O4.ClH/c1-12-5-6-13-11(15)9-7-8(18-2)3-4-10(9)14(16)17;/h3-4,7,12H,5-6H2,1-2H3,(H,13,15);1H. The number of carbonyl (C=O) groups excluding carboxylic acids is 1. The zero-order chi connectivity index (χ0) is 13.5. The molecule has 7 nitrogen and oxygen atoms in total. The van der Waals surface area contributed by atoms with Gasteiger partial charge in [0.1, 0.15) is 11.3 Å². The number of ether oxygens (including phenoxy) is 1. The van der Waals surface area contributed by atoms with Gasteiger partial charge < -0.3 is 15.4 Å². The summed E-state index contributed by atoms with van der Waals surface area (Å²) >= 11 is 0. The first kappa shape index (κ1) is 17.1. The minimum Gasteiger partial charge on any atom is -0.497 e. The van der Waals surface area contributed by atoms with Crippen LogP contribution in [0.1, 0.15) is 10.4 Å². The molecule has 0 bridgehead atoms. The summed E-state index contributed by atoms with van der Waals surface area (Å²) in [5.41, 5.74) is -0.242. The van der Waals surface area contributed by atoms with Crippen LogP contribution in [0.5, 0.6) is 5.75 Å². The lowest BCUT2D eigenvalue weighted by Gasteiger charge is -2.07. The number of hydrogen-bond donors (Lipinski definition) is 2. The van der Waals surface area contributed by atoms with Gasteiger partial charge in [0.15, 0.2) is 0 Å². The lowest BCUT2D eigenvalue weighted by molar-refractivity contribution is -0.385. The van der Waals surface area contributed by atoms with E-state index in [2.05, 4.69) is 10.6 Å². The van der Waals surface area contributed by atoms with E-state index < -0.39 is 10.8 Å². The average Bonchev–Trinajstić information content (AvgIpc) is 2.38. The van der Waals surface area contributed by atoms with E-state index >= 15 is 0 Å². The molecule has 0 spiro atoms. The average molecular weight is 290 g/mol. The number of nitro groups is 1. The highest BCUT2D eigenvalue weighted by molar-refractivity contribution is 5.98. The fraction of sp³-hybridized carbons (Fsp3) is 0.364. The molecule has 1 amide bonds. The maximum absolute atomic E-state index is 11.8. The number of likely N-dealkylation sites (N-methyl/N-ethyl adjacent to an activating group) is 1. The lowest BCUT2D eigenvalue weighted by atomic mass is 10.1. The summed E-state index contributed by atoms with van der Waals surface area (Å²) in [6.45, 7) is 0.979. The van der Waals surface area contributed by atoms with Gasteiger partial charge in [-0.05, 0) is 19.2 Å². The quantitative estimate of drug-likeness (QED) is 0.462. The molecule has 0 atom stereocenters. The lowest BCUT2D eigenvalue weighted by Crippen LogP contribution is -2.30. The van der Waals surface area contributed by atoms with E-state index in [1.165, 1.54) is 25.3 Å². The van der Waals surface area contributed by atoms with Gasteiger partial charge in [-0.25, -0.2) is 0 Å². The maximum atomic E-state index is 11.8. The molecule has 1 rings (SSSR count). The molecule has 0 aliphatic carbocycles. The van der Waals surface area contributed by atoms with Gasteiger partial charge in [-0.1, -0.05) is 0 Å². The van der Waals surface area contributed by atoms with Crippen molar-refractivity contribution in [1.29, 1.82) is 0 Å². The summed E-state index contributed by atoms with van der Waals surface area (Å²) in [6.07, 6.45) is 0. The maximum Gasteiger partial charge on any atom is 0.282 e. The Labute approximate surface area is 116 Å². The van der Waals surface area contributed by atoms with Crippen molar-refractivity contribution in [1.82, 2.24) is 10.6 Å². The third-order valence-electron chi connectivity index (χ3n) is 2.31. The number of hydrogen-bond acceptors (Lipinski definition) is 5. The van der Waals surface area contributed by atoms with Crippen LogP contribution >= 0.6 is 12.4 Å². The second-order valence-corrected chi connectivity index (χ2v) is 3.50. The first-order valence-corrected chi connectivity index (χ1v) is 5.35. The van der Waals surface area contributed by atoms with E-state index in [0.29, 0.717) is 18.8 Å². The van der Waals surface area contributed by atoms with Gasteiger partial charge in [-0.2, -0.15) is 0 Å². The largest absolute Gasteiger partial charge is 0.497 e. The second kappa shape index (κ2) is 8.28. The van der Waals surface area contributed by atoms with Gasteiger partial charge in [0.05, 0.1) is 12.0 Å². The number of benzene rings is 1. The fourth-order valence-corrected chi connectivity index (χ4v) is 1.38. The molecule has 0 unspecified atom stereocenters. The highest BCUT2D eigenvalue weighted by Gasteiger charge is 2.20. The Morgan fingerprint density at radius 2 is 2.11 bits per heavy atom. The van der Waals surface area contributed by atoms with Crippen molar-refractivity contribution in [2.24, 2.45) is 0 Å². The minimum absolute atomic E-state index is 0. The summed E-state index contributed by atoms with van der Waals surface area (Å²) in [5, 5.41) is 16.3. The summed E-state index contributed by atoms with van der Waals surface area (Å²) in [4.78, 5) is 22.1. The molecule has 0 saturated heterocycles. The minimum atomic E-state index is -0.591. The first-order chi connectivity index (χ1) is 8.60. The molecule has 0 saturated carbocycles. The molecule has 0 aliphatic rings. The van der Waals surface area contributed by atoms with Gasteiger partial charge in [0.2, 0.25) is 0 Å². The molecule has 2 N–H and O–H groups in total. The molecule has 106 valence electrons. The van der Waals surface area contributed by atoms with Crippen molar-refractivity contribution in [3.63, 3.8) is 0 Å². The van der Waals surface area contributed by atoms with Crippen LogP contribution < -0.4 is 15.4 Å². The van der Waals surface area contributed by atoms with Crippen molar-refractivity contribution in [2.75, 3.05) is 27.2 Å². The zero-order valence-electron chi connectivity index (χ0n) is 10.6. The third-order valence-corrected chi connectivity index (χ3v) is 2.31. The van der Waals surface area contributed by atoms with Crippen LogP contribution in [0.15, 0.2) is 18.2 Å². The van der Waals surface area contributed by atoms with E-state index in [-0.39, 0.29) is 23.7 Å². The van der Waals surface area contributed by atoms with Crippen molar-refractivity contribution in [3.05, 3.63) is 33.9 Å². The van der Waals surface area contributed by atoms with Gasteiger partial charge in [-0.15, -0.1) is 12.4 Å². The molecule has 0 aliphatic heterocycles. The smallest absolute Gasteiger partial charge is 0.282 e. The summed E-state index contributed by atoms with van der Waals surface area (Å²) in [5.74, 6) is -0.0878. The van der Waals surface area contributed by atoms with E-state index in [1.54, 1.807) is 7.05 Å². The van der Waals surface area contributed by atoms with Crippen LogP contribution in [0.4, 0.5) is 5.69 Å². The van der Waals surface area contributed by atoms with Crippen molar-refractivity contribution < 1.29 is 14.5 Å². The Morgan fingerprint density at radius 3 is 2.63 bits per heavy atom. The Bertz CT molecular complexity index is 454. The molecule has 0 fully saturated rings. The molecule has 19 heavy (non-hydrogen) atoms. The zero-order valence-corrected chi connectivity index (χ0v) is 11.5. The summed E-state index contributed by atoms with van der Waals surface area (Å²) < 4.78 is 4.95. The first-order valence-electron chi connectivity index (χ1n) is 5.35. The summed E-state index contributed by atoms with van der Waals surface area (Å²) in [6, 6.07) is 4.06. The molecule has 1 aromatic carbocycles. The van der Waals surface area contributed by atoms with Crippen LogP contribution in [-0.2, 0) is 0 Å². The van der Waals surface area contributed by atoms with E-state index in [0.717, 1.165) is 0 Å². The molecule has 8 heteroatoms. The Hall–Kier alpha value is -1.86. The molecular formula is C11H16ClN3O4. The number of amides is 1. The normalized spacial score (nSPS) is 9.37. The van der Waals surface area contributed by atoms with Gasteiger partial charge in [0, 0.05) is 19.2 Å². The topological polar surface area (TPSA) is 93.5 Å². The highest BCUT2D eigenvalue weighted by Crippen LogP contribution is 2.23. The van der Waals surface area contributed by atoms with Crippen molar-refractivity contribution in [3.8, 4) is 5.75 Å². The Balaban J connectivity index is 0.00000324. The van der Waals surface area contributed by atoms with E-state index in [1.807, 2.05) is 0 Å². The van der Waals surface area contributed by atoms with E-state index in [4.69, 9.17) is 4.74 Å². The third kappa shape index (κ3) is 4.72. The predicted octanol–water partition coefficient (Wildman–Crippen LogP) is 0.974. The molecule has 1 aromatic rings. The number of nitro benzene ring substituents is 1. The Morgan fingerprint density at radius 1 is 1.42 bits per heavy atom. The summed E-state index contributed by atoms with van der Waals surface area (Å²) in [7, 11) is 3.18. The predicted molar refractivity (Wildman–Crippen MR) is 73.2 cm³/mol. The number of carbonyl (C=O) groups is 1. The van der Waals surface area contributed by atoms with Crippen molar-refractivity contribution >= 4 is 24.0 Å².